The minimum atomic E-state index is 0.162. The number of nitrogen functional groups attached to an aromatic ring is 1. The first-order chi connectivity index (χ1) is 11.1. The summed E-state index contributed by atoms with van der Waals surface area (Å²) in [6, 6.07) is 12.1. The Bertz CT molecular complexity index is 784. The van der Waals surface area contributed by atoms with Gasteiger partial charge in [0.2, 0.25) is 0 Å². The number of pyridine rings is 1. The highest BCUT2D eigenvalue weighted by atomic mass is 32.1. The summed E-state index contributed by atoms with van der Waals surface area (Å²) in [6.45, 7) is 4.05. The van der Waals surface area contributed by atoms with Crippen LogP contribution in [0.4, 0.5) is 5.13 Å². The number of nitrogens with zero attached hydrogens (tertiary/aromatic N) is 2. The van der Waals surface area contributed by atoms with E-state index in [0.717, 1.165) is 28.3 Å². The summed E-state index contributed by atoms with van der Waals surface area (Å²) in [4.78, 5) is 9.78. The van der Waals surface area contributed by atoms with Crippen LogP contribution in [0.2, 0.25) is 0 Å². The molecule has 0 amide bonds. The quantitative estimate of drug-likeness (QED) is 0.765. The molecule has 0 unspecified atom stereocenters. The molecule has 0 saturated heterocycles. The Hall–Kier alpha value is -2.40. The highest BCUT2D eigenvalue weighted by Gasteiger charge is 2.13. The Morgan fingerprint density at radius 3 is 2.83 bits per heavy atom. The first kappa shape index (κ1) is 15.5. The van der Waals surface area contributed by atoms with E-state index in [1.807, 2.05) is 44.3 Å². The molecule has 0 saturated carbocycles. The lowest BCUT2D eigenvalue weighted by atomic mass is 10.1. The Morgan fingerprint density at radius 2 is 2.09 bits per heavy atom. The fraction of sp³-hybridized carbons (Fsp3) is 0.222. The van der Waals surface area contributed by atoms with Crippen LogP contribution in [0.1, 0.15) is 24.3 Å². The maximum absolute atomic E-state index is 5.93. The molecule has 0 aliphatic rings. The van der Waals surface area contributed by atoms with E-state index in [1.54, 1.807) is 6.20 Å². The highest BCUT2D eigenvalue weighted by Crippen LogP contribution is 2.31. The molecule has 3 aromatic rings. The molecular weight excluding hydrogens is 306 g/mol. The van der Waals surface area contributed by atoms with Crippen molar-refractivity contribution < 1.29 is 4.74 Å². The van der Waals surface area contributed by atoms with Crippen LogP contribution in [-0.4, -0.2) is 16.1 Å². The van der Waals surface area contributed by atoms with Gasteiger partial charge in [0.15, 0.2) is 5.13 Å². The van der Waals surface area contributed by atoms with Gasteiger partial charge in [0, 0.05) is 29.3 Å². The molecule has 2 heterocycles. The van der Waals surface area contributed by atoms with E-state index >= 15 is 0 Å². The standard InChI is InChI=1S/C18H19N3OS/c1-12(2)22-15-7-3-5-13(9-15)10-16-17(21-18(19)23-16)14-6-4-8-20-11-14/h3-9,11-12H,10H2,1-2H3,(H2,19,21). The van der Waals surface area contributed by atoms with E-state index < -0.39 is 0 Å². The summed E-state index contributed by atoms with van der Waals surface area (Å²) >= 11 is 1.52. The minimum Gasteiger partial charge on any atom is -0.491 e. The summed E-state index contributed by atoms with van der Waals surface area (Å²) in [5.74, 6) is 0.887. The maximum atomic E-state index is 5.93. The molecule has 3 rings (SSSR count). The van der Waals surface area contributed by atoms with Crippen LogP contribution >= 0.6 is 11.3 Å². The van der Waals surface area contributed by atoms with E-state index in [-0.39, 0.29) is 6.10 Å². The lowest BCUT2D eigenvalue weighted by Gasteiger charge is -2.11. The monoisotopic (exact) mass is 325 g/mol. The molecule has 0 radical (unpaired) electrons. The average molecular weight is 325 g/mol. The molecule has 5 heteroatoms. The number of aromatic nitrogens is 2. The maximum Gasteiger partial charge on any atom is 0.180 e. The number of thiazole rings is 1. The Kier molecular flexibility index (Phi) is 4.57. The van der Waals surface area contributed by atoms with Crippen molar-refractivity contribution >= 4 is 16.5 Å². The summed E-state index contributed by atoms with van der Waals surface area (Å²) in [5.41, 5.74) is 9.01. The second-order valence-electron chi connectivity index (χ2n) is 5.56. The topological polar surface area (TPSA) is 61.0 Å². The Morgan fingerprint density at radius 1 is 1.22 bits per heavy atom. The lowest BCUT2D eigenvalue weighted by Crippen LogP contribution is -2.05. The first-order valence-electron chi connectivity index (χ1n) is 7.53. The van der Waals surface area contributed by atoms with Crippen LogP contribution in [0.25, 0.3) is 11.3 Å². The van der Waals surface area contributed by atoms with Gasteiger partial charge in [0.05, 0.1) is 11.8 Å². The van der Waals surface area contributed by atoms with Crippen LogP contribution in [0, 0.1) is 0 Å². The largest absolute Gasteiger partial charge is 0.491 e. The van der Waals surface area contributed by atoms with Gasteiger partial charge in [-0.15, -0.1) is 11.3 Å². The van der Waals surface area contributed by atoms with Crippen molar-refractivity contribution in [3.8, 4) is 17.0 Å². The van der Waals surface area contributed by atoms with Gasteiger partial charge >= 0.3 is 0 Å². The van der Waals surface area contributed by atoms with Crippen molar-refractivity contribution in [3.63, 3.8) is 0 Å². The average Bonchev–Trinajstić information content (AvgIpc) is 2.88. The smallest absolute Gasteiger partial charge is 0.180 e. The van der Waals surface area contributed by atoms with Crippen molar-refractivity contribution in [2.45, 2.75) is 26.4 Å². The molecule has 0 aliphatic carbocycles. The van der Waals surface area contributed by atoms with E-state index in [9.17, 15) is 0 Å². The molecule has 2 aromatic heterocycles. The third-order valence-corrected chi connectivity index (χ3v) is 4.17. The molecule has 0 fully saturated rings. The second kappa shape index (κ2) is 6.79. The SMILES string of the molecule is CC(C)Oc1cccc(Cc2sc(N)nc2-c2cccnc2)c1. The van der Waals surface area contributed by atoms with Gasteiger partial charge in [-0.1, -0.05) is 12.1 Å². The number of rotatable bonds is 5. The fourth-order valence-electron chi connectivity index (χ4n) is 2.40. The number of benzene rings is 1. The van der Waals surface area contributed by atoms with E-state index in [2.05, 4.69) is 22.1 Å². The highest BCUT2D eigenvalue weighted by molar-refractivity contribution is 7.15. The number of hydrogen-bond acceptors (Lipinski definition) is 5. The summed E-state index contributed by atoms with van der Waals surface area (Å²) < 4.78 is 5.77. The van der Waals surface area contributed by atoms with Crippen LogP contribution in [-0.2, 0) is 6.42 Å². The zero-order valence-corrected chi connectivity index (χ0v) is 14.0. The van der Waals surface area contributed by atoms with Crippen LogP contribution < -0.4 is 10.5 Å². The van der Waals surface area contributed by atoms with Gasteiger partial charge in [-0.2, -0.15) is 0 Å². The van der Waals surface area contributed by atoms with Gasteiger partial charge in [-0.05, 0) is 43.7 Å². The first-order valence-corrected chi connectivity index (χ1v) is 8.34. The summed E-state index contributed by atoms with van der Waals surface area (Å²) in [6.07, 6.45) is 4.51. The number of anilines is 1. The Labute approximate surface area is 140 Å². The lowest BCUT2D eigenvalue weighted by molar-refractivity contribution is 0.242. The normalized spacial score (nSPS) is 10.9. The molecule has 2 N–H and O–H groups in total. The van der Waals surface area contributed by atoms with E-state index in [4.69, 9.17) is 10.5 Å². The van der Waals surface area contributed by atoms with Crippen molar-refractivity contribution in [1.29, 1.82) is 0 Å². The molecule has 0 bridgehead atoms. The van der Waals surface area contributed by atoms with Gasteiger partial charge in [0.1, 0.15) is 5.75 Å². The van der Waals surface area contributed by atoms with Crippen molar-refractivity contribution in [2.24, 2.45) is 0 Å². The molecule has 1 aromatic carbocycles. The van der Waals surface area contributed by atoms with Crippen LogP contribution in [0.3, 0.4) is 0 Å². The van der Waals surface area contributed by atoms with Gasteiger partial charge in [-0.3, -0.25) is 4.98 Å². The second-order valence-corrected chi connectivity index (χ2v) is 6.67. The third-order valence-electron chi connectivity index (χ3n) is 3.28. The van der Waals surface area contributed by atoms with Crippen LogP contribution in [0.15, 0.2) is 48.8 Å². The van der Waals surface area contributed by atoms with Gasteiger partial charge < -0.3 is 10.5 Å². The van der Waals surface area contributed by atoms with Crippen molar-refractivity contribution in [3.05, 3.63) is 59.2 Å². The zero-order valence-electron chi connectivity index (χ0n) is 13.2. The number of nitrogens with two attached hydrogens (primary N) is 1. The summed E-state index contributed by atoms with van der Waals surface area (Å²) in [5, 5.41) is 0.577. The third kappa shape index (κ3) is 3.87. The predicted octanol–water partition coefficient (Wildman–Crippen LogP) is 4.17. The molecule has 0 aliphatic heterocycles. The van der Waals surface area contributed by atoms with Crippen molar-refractivity contribution in [2.75, 3.05) is 5.73 Å². The number of ether oxygens (including phenoxy) is 1. The van der Waals surface area contributed by atoms with Crippen molar-refractivity contribution in [1.82, 2.24) is 9.97 Å². The predicted molar refractivity (Wildman–Crippen MR) is 94.8 cm³/mol. The zero-order chi connectivity index (χ0) is 16.2. The van der Waals surface area contributed by atoms with Gasteiger partial charge in [0.25, 0.3) is 0 Å². The van der Waals surface area contributed by atoms with Crippen LogP contribution in [0.5, 0.6) is 5.75 Å². The summed E-state index contributed by atoms with van der Waals surface area (Å²) in [7, 11) is 0. The molecule has 4 nitrogen and oxygen atoms in total. The van der Waals surface area contributed by atoms with E-state index in [0.29, 0.717) is 5.13 Å². The van der Waals surface area contributed by atoms with Gasteiger partial charge in [-0.25, -0.2) is 4.98 Å². The molecule has 0 atom stereocenters. The molecule has 118 valence electrons. The molecule has 23 heavy (non-hydrogen) atoms. The minimum absolute atomic E-state index is 0.162. The fourth-order valence-corrected chi connectivity index (χ4v) is 3.29. The molecular formula is C18H19N3OS. The van der Waals surface area contributed by atoms with E-state index in [1.165, 1.54) is 16.9 Å². The Balaban J connectivity index is 1.89. The molecule has 0 spiro atoms. The number of hydrogen-bond donors (Lipinski definition) is 1.